The summed E-state index contributed by atoms with van der Waals surface area (Å²) >= 11 is 0. The lowest BCUT2D eigenvalue weighted by Crippen LogP contribution is -2.53. The Morgan fingerprint density at radius 1 is 0.839 bits per heavy atom. The number of imide groups is 1. The molecule has 0 N–H and O–H groups in total. The van der Waals surface area contributed by atoms with Crippen molar-refractivity contribution in [2.45, 2.75) is 24.7 Å². The first-order chi connectivity index (χ1) is 15.1. The van der Waals surface area contributed by atoms with Crippen LogP contribution in [-0.4, -0.2) is 18.9 Å². The van der Waals surface area contributed by atoms with E-state index in [1.54, 1.807) is 19.2 Å². The molecule has 1 saturated heterocycles. The Kier molecular flexibility index (Phi) is 3.73. The Hall–Kier alpha value is -3.40. The van der Waals surface area contributed by atoms with Crippen LogP contribution in [0, 0.1) is 11.8 Å². The molecule has 3 aromatic carbocycles. The molecule has 154 valence electrons. The van der Waals surface area contributed by atoms with Crippen molar-refractivity contribution in [1.29, 1.82) is 0 Å². The zero-order chi connectivity index (χ0) is 21.3. The monoisotopic (exact) mass is 409 g/mol. The number of benzene rings is 3. The van der Waals surface area contributed by atoms with Crippen molar-refractivity contribution < 1.29 is 14.3 Å². The van der Waals surface area contributed by atoms with Crippen molar-refractivity contribution in [2.75, 3.05) is 12.0 Å². The number of anilines is 1. The Morgan fingerprint density at radius 3 is 2.03 bits per heavy atom. The molecule has 2 atom stereocenters. The Morgan fingerprint density at radius 2 is 1.42 bits per heavy atom. The second kappa shape index (κ2) is 6.30. The van der Waals surface area contributed by atoms with Gasteiger partial charge in [-0.05, 0) is 40.8 Å². The molecule has 31 heavy (non-hydrogen) atoms. The third-order valence-corrected chi connectivity index (χ3v) is 7.68. The summed E-state index contributed by atoms with van der Waals surface area (Å²) in [7, 11) is 1.57. The highest BCUT2D eigenvalue weighted by Gasteiger charge is 2.67. The van der Waals surface area contributed by atoms with E-state index in [1.165, 1.54) is 27.2 Å². The highest BCUT2D eigenvalue weighted by molar-refractivity contribution is 6.24. The van der Waals surface area contributed by atoms with Crippen LogP contribution in [0.2, 0.25) is 0 Å². The first-order valence-electron chi connectivity index (χ1n) is 10.8. The maximum absolute atomic E-state index is 14.0. The normalized spacial score (nSPS) is 27.7. The molecule has 0 spiro atoms. The molecule has 1 fully saturated rings. The molecule has 0 saturated carbocycles. The van der Waals surface area contributed by atoms with Gasteiger partial charge in [-0.3, -0.25) is 9.59 Å². The van der Waals surface area contributed by atoms with Crippen molar-refractivity contribution >= 4 is 17.5 Å². The molecular weight excluding hydrogens is 386 g/mol. The van der Waals surface area contributed by atoms with Crippen molar-refractivity contribution in [3.05, 3.63) is 95.1 Å². The van der Waals surface area contributed by atoms with Gasteiger partial charge < -0.3 is 4.74 Å². The smallest absolute Gasteiger partial charge is 0.239 e. The molecule has 2 amide bonds. The topological polar surface area (TPSA) is 46.6 Å². The molecule has 3 aromatic rings. The molecule has 4 heteroatoms. The molecular formula is C27H23NO3. The van der Waals surface area contributed by atoms with E-state index in [1.807, 2.05) is 36.4 Å². The first-order valence-corrected chi connectivity index (χ1v) is 10.8. The van der Waals surface area contributed by atoms with E-state index >= 15 is 0 Å². The number of rotatable bonds is 3. The van der Waals surface area contributed by atoms with Gasteiger partial charge in [0.2, 0.25) is 11.8 Å². The first kappa shape index (κ1) is 18.4. The summed E-state index contributed by atoms with van der Waals surface area (Å²) in [6, 6.07) is 24.1. The van der Waals surface area contributed by atoms with E-state index < -0.39 is 17.3 Å². The van der Waals surface area contributed by atoms with Crippen LogP contribution in [0.3, 0.4) is 0 Å². The third-order valence-electron chi connectivity index (χ3n) is 7.68. The van der Waals surface area contributed by atoms with Crippen LogP contribution in [0.15, 0.2) is 72.8 Å². The lowest BCUT2D eigenvalue weighted by molar-refractivity contribution is -0.123. The van der Waals surface area contributed by atoms with Gasteiger partial charge in [-0.15, -0.1) is 0 Å². The minimum Gasteiger partial charge on any atom is -0.495 e. The lowest BCUT2D eigenvalue weighted by Gasteiger charge is -2.54. The molecule has 0 aromatic heterocycles. The maximum Gasteiger partial charge on any atom is 0.239 e. The molecule has 4 aliphatic rings. The number of carbonyl (C=O) groups excluding carboxylic acids is 2. The number of para-hydroxylation sites is 2. The Labute approximate surface area is 181 Å². The summed E-state index contributed by atoms with van der Waals surface area (Å²) in [5.41, 5.74) is 4.81. The second-order valence-electron chi connectivity index (χ2n) is 8.66. The number of hydrogen-bond donors (Lipinski definition) is 0. The largest absolute Gasteiger partial charge is 0.495 e. The van der Waals surface area contributed by atoms with Crippen molar-refractivity contribution in [2.24, 2.45) is 11.8 Å². The van der Waals surface area contributed by atoms with Gasteiger partial charge in [0.25, 0.3) is 0 Å². The summed E-state index contributed by atoms with van der Waals surface area (Å²) in [5.74, 6) is -0.619. The quantitative estimate of drug-likeness (QED) is 0.592. The molecule has 1 aliphatic heterocycles. The molecule has 2 bridgehead atoms. The van der Waals surface area contributed by atoms with E-state index in [4.69, 9.17) is 4.74 Å². The lowest BCUT2D eigenvalue weighted by atomic mass is 9.46. The second-order valence-corrected chi connectivity index (χ2v) is 8.66. The zero-order valence-corrected chi connectivity index (χ0v) is 17.5. The summed E-state index contributed by atoms with van der Waals surface area (Å²) in [6.45, 7) is 2.14. The maximum atomic E-state index is 14.0. The fourth-order valence-electron chi connectivity index (χ4n) is 6.58. The molecule has 7 rings (SSSR count). The molecule has 4 nitrogen and oxygen atoms in total. The minimum absolute atomic E-state index is 0.109. The molecule has 3 aliphatic carbocycles. The van der Waals surface area contributed by atoms with Gasteiger partial charge in [0.05, 0.1) is 24.6 Å². The predicted octanol–water partition coefficient (Wildman–Crippen LogP) is 4.66. The Balaban J connectivity index is 1.64. The van der Waals surface area contributed by atoms with Gasteiger partial charge >= 0.3 is 0 Å². The molecule has 1 heterocycles. The van der Waals surface area contributed by atoms with Crippen LogP contribution >= 0.6 is 0 Å². The van der Waals surface area contributed by atoms with Crippen LogP contribution < -0.4 is 9.64 Å². The Bertz CT molecular complexity index is 1200. The minimum atomic E-state index is -0.504. The van der Waals surface area contributed by atoms with Gasteiger partial charge in [-0.1, -0.05) is 67.6 Å². The van der Waals surface area contributed by atoms with Crippen molar-refractivity contribution in [1.82, 2.24) is 0 Å². The fourth-order valence-corrected chi connectivity index (χ4v) is 6.58. The number of ether oxygens (including phenoxy) is 1. The van der Waals surface area contributed by atoms with Crippen LogP contribution in [0.1, 0.15) is 41.5 Å². The fraction of sp³-hybridized carbons (Fsp3) is 0.259. The van der Waals surface area contributed by atoms with Gasteiger partial charge in [0.15, 0.2) is 0 Å². The van der Waals surface area contributed by atoms with E-state index in [0.717, 1.165) is 6.42 Å². The average Bonchev–Trinajstić information content (AvgIpc) is 3.09. The van der Waals surface area contributed by atoms with Gasteiger partial charge in [0, 0.05) is 11.3 Å². The summed E-state index contributed by atoms with van der Waals surface area (Å²) in [6.07, 6.45) is 0.758. The standard InChI is InChI=1S/C27H23NO3/c1-3-27-18-12-6-4-10-16(18)22(17-11-5-7-13-19(17)27)23-24(27)26(30)28(25(23)29)20-14-8-9-15-21(20)31-2/h4-15,22-24H,3H2,1-2H3/t22?,23-,24-,27?/m1/s1. The summed E-state index contributed by atoms with van der Waals surface area (Å²) in [5, 5.41) is 0. The number of carbonyl (C=O) groups is 2. The zero-order valence-electron chi connectivity index (χ0n) is 17.5. The number of amides is 2. The van der Waals surface area contributed by atoms with Gasteiger partial charge in [-0.2, -0.15) is 0 Å². The van der Waals surface area contributed by atoms with Crippen LogP contribution in [-0.2, 0) is 15.0 Å². The van der Waals surface area contributed by atoms with E-state index in [2.05, 4.69) is 31.2 Å². The van der Waals surface area contributed by atoms with Gasteiger partial charge in [0.1, 0.15) is 5.75 Å². The van der Waals surface area contributed by atoms with Crippen LogP contribution in [0.25, 0.3) is 0 Å². The average molecular weight is 409 g/mol. The van der Waals surface area contributed by atoms with Crippen LogP contribution in [0.5, 0.6) is 5.75 Å². The summed E-state index contributed by atoms with van der Waals surface area (Å²) in [4.78, 5) is 29.4. The third kappa shape index (κ3) is 2.05. The highest BCUT2D eigenvalue weighted by atomic mass is 16.5. The summed E-state index contributed by atoms with van der Waals surface area (Å²) < 4.78 is 5.51. The van der Waals surface area contributed by atoms with E-state index in [-0.39, 0.29) is 17.7 Å². The van der Waals surface area contributed by atoms with Gasteiger partial charge in [-0.25, -0.2) is 4.90 Å². The number of methoxy groups -OCH3 is 1. The van der Waals surface area contributed by atoms with E-state index in [9.17, 15) is 9.59 Å². The molecule has 0 radical (unpaired) electrons. The van der Waals surface area contributed by atoms with Crippen molar-refractivity contribution in [3.8, 4) is 5.75 Å². The van der Waals surface area contributed by atoms with Crippen molar-refractivity contribution in [3.63, 3.8) is 0 Å². The van der Waals surface area contributed by atoms with E-state index in [0.29, 0.717) is 11.4 Å². The number of hydrogen-bond acceptors (Lipinski definition) is 3. The number of nitrogens with zero attached hydrogens (tertiary/aromatic N) is 1. The molecule has 0 unspecified atom stereocenters. The van der Waals surface area contributed by atoms with Crippen LogP contribution in [0.4, 0.5) is 5.69 Å². The highest BCUT2D eigenvalue weighted by Crippen LogP contribution is 2.65. The predicted molar refractivity (Wildman–Crippen MR) is 118 cm³/mol. The SMILES string of the molecule is CCC12c3ccccc3C(c3ccccc31)[C@H]1C(=O)N(c3ccccc3OC)C(=O)[C@@H]12.